The minimum absolute atomic E-state index is 0. The van der Waals surface area contributed by atoms with Crippen LogP contribution < -0.4 is 4.80 Å². The minimum atomic E-state index is -0.205. The number of nitrogens with zero attached hydrogens (tertiary/aromatic N) is 2. The lowest BCUT2D eigenvalue weighted by Crippen LogP contribution is -2.20. The Hall–Kier alpha value is -1.97. The number of halogens is 1. The molecule has 0 amide bonds. The van der Waals surface area contributed by atoms with Crippen LogP contribution in [0.2, 0.25) is 0 Å². The number of phenolic OH excluding ortho intramolecular Hbond substituents is 2. The molecule has 0 radical (unpaired) electrons. The first-order valence-corrected chi connectivity index (χ1v) is 6.17. The van der Waals surface area contributed by atoms with E-state index >= 15 is 0 Å². The summed E-state index contributed by atoms with van der Waals surface area (Å²) in [7, 11) is 0. The van der Waals surface area contributed by atoms with Gasteiger partial charge in [0.15, 0.2) is 16.3 Å². The third-order valence-electron chi connectivity index (χ3n) is 3.09. The molecular weight excluding hydrogens is 286 g/mol. The summed E-state index contributed by atoms with van der Waals surface area (Å²) in [5.41, 5.74) is 2.28. The third-order valence-corrected chi connectivity index (χ3v) is 3.99. The standard InChI is InChI=1S/C12H9N3O2S.ClH/c13-5-10-11-7-4-9(17)8(16)3-6(7)1-2-15(11)12(14)18-10;/h3-4,14,16-17H,1-2H2;1H. The van der Waals surface area contributed by atoms with E-state index in [-0.39, 0.29) is 23.9 Å². The number of aryl methyl sites for hydroxylation is 1. The van der Waals surface area contributed by atoms with Gasteiger partial charge < -0.3 is 14.8 Å². The highest BCUT2D eigenvalue weighted by Crippen LogP contribution is 2.38. The van der Waals surface area contributed by atoms with Crippen molar-refractivity contribution in [2.24, 2.45) is 0 Å². The van der Waals surface area contributed by atoms with E-state index in [2.05, 4.69) is 6.07 Å². The second kappa shape index (κ2) is 4.61. The van der Waals surface area contributed by atoms with Crippen molar-refractivity contribution < 1.29 is 10.2 Å². The fourth-order valence-electron chi connectivity index (χ4n) is 2.26. The lowest BCUT2D eigenvalue weighted by atomic mass is 9.97. The van der Waals surface area contributed by atoms with Gasteiger partial charge in [0.1, 0.15) is 10.9 Å². The van der Waals surface area contributed by atoms with E-state index in [9.17, 15) is 10.2 Å². The van der Waals surface area contributed by atoms with E-state index in [1.807, 2.05) is 0 Å². The number of benzene rings is 1. The summed E-state index contributed by atoms with van der Waals surface area (Å²) < 4.78 is 1.77. The number of aromatic hydroxyl groups is 2. The SMILES string of the molecule is Cl.N#Cc1sc(=N)n2c1-c1cc(O)c(O)cc1CC2. The summed E-state index contributed by atoms with van der Waals surface area (Å²) in [6.45, 7) is 0.615. The van der Waals surface area contributed by atoms with E-state index in [4.69, 9.17) is 10.7 Å². The number of hydrogen-bond acceptors (Lipinski definition) is 5. The zero-order valence-corrected chi connectivity index (χ0v) is 11.3. The van der Waals surface area contributed by atoms with Crippen LogP contribution in [0.5, 0.6) is 11.5 Å². The Morgan fingerprint density at radius 3 is 2.68 bits per heavy atom. The molecule has 2 aromatic rings. The van der Waals surface area contributed by atoms with Gasteiger partial charge in [0, 0.05) is 12.1 Å². The highest BCUT2D eigenvalue weighted by atomic mass is 35.5. The molecule has 3 rings (SSSR count). The Morgan fingerprint density at radius 1 is 1.32 bits per heavy atom. The predicted molar refractivity (Wildman–Crippen MR) is 72.6 cm³/mol. The highest BCUT2D eigenvalue weighted by molar-refractivity contribution is 7.10. The number of thiazole rings is 1. The van der Waals surface area contributed by atoms with E-state index in [0.717, 1.165) is 22.5 Å². The van der Waals surface area contributed by atoms with Gasteiger partial charge in [-0.3, -0.25) is 5.41 Å². The maximum Gasteiger partial charge on any atom is 0.183 e. The molecule has 98 valence electrons. The molecule has 1 aliphatic rings. The number of hydrogen-bond donors (Lipinski definition) is 3. The van der Waals surface area contributed by atoms with Crippen molar-refractivity contribution in [3.8, 4) is 28.8 Å². The Balaban J connectivity index is 0.00000133. The van der Waals surface area contributed by atoms with Crippen molar-refractivity contribution in [2.75, 3.05) is 0 Å². The summed E-state index contributed by atoms with van der Waals surface area (Å²) in [6, 6.07) is 5.07. The predicted octanol–water partition coefficient (Wildman–Crippen LogP) is 1.96. The molecule has 1 aromatic heterocycles. The molecule has 3 N–H and O–H groups in total. The number of nitriles is 1. The molecule has 1 aliphatic heterocycles. The van der Waals surface area contributed by atoms with Crippen molar-refractivity contribution in [1.29, 1.82) is 10.7 Å². The Bertz CT molecular complexity index is 758. The van der Waals surface area contributed by atoms with Gasteiger partial charge in [-0.25, -0.2) is 0 Å². The highest BCUT2D eigenvalue weighted by Gasteiger charge is 2.23. The summed E-state index contributed by atoms with van der Waals surface area (Å²) >= 11 is 1.13. The second-order valence-electron chi connectivity index (χ2n) is 4.10. The molecule has 0 unspecified atom stereocenters. The van der Waals surface area contributed by atoms with Crippen LogP contribution in [-0.2, 0) is 13.0 Å². The lowest BCUT2D eigenvalue weighted by Gasteiger charge is -2.19. The maximum absolute atomic E-state index is 9.59. The zero-order valence-electron chi connectivity index (χ0n) is 9.67. The average Bonchev–Trinajstić information content (AvgIpc) is 2.68. The lowest BCUT2D eigenvalue weighted by molar-refractivity contribution is 0.403. The largest absolute Gasteiger partial charge is 0.504 e. The van der Waals surface area contributed by atoms with Crippen molar-refractivity contribution in [3.63, 3.8) is 0 Å². The normalized spacial score (nSPS) is 11.9. The minimum Gasteiger partial charge on any atom is -0.504 e. The number of aromatic nitrogens is 1. The molecule has 0 bridgehead atoms. The average molecular weight is 296 g/mol. The number of rotatable bonds is 0. The van der Waals surface area contributed by atoms with Crippen LogP contribution in [0.4, 0.5) is 0 Å². The van der Waals surface area contributed by atoms with Gasteiger partial charge in [-0.1, -0.05) is 11.3 Å². The first kappa shape index (κ1) is 13.5. The van der Waals surface area contributed by atoms with Crippen LogP contribution in [0, 0.1) is 16.7 Å². The number of phenols is 2. The molecule has 0 spiro atoms. The summed E-state index contributed by atoms with van der Waals surface area (Å²) in [5, 5.41) is 36.0. The Kier molecular flexibility index (Phi) is 3.27. The molecular formula is C12H10ClN3O2S. The molecule has 0 fully saturated rings. The van der Waals surface area contributed by atoms with Gasteiger partial charge in [-0.05, 0) is 24.1 Å². The van der Waals surface area contributed by atoms with Gasteiger partial charge in [0.2, 0.25) is 0 Å². The van der Waals surface area contributed by atoms with Gasteiger partial charge in [0.25, 0.3) is 0 Å². The molecule has 0 aliphatic carbocycles. The fourth-order valence-corrected chi connectivity index (χ4v) is 3.11. The molecule has 2 heterocycles. The molecule has 19 heavy (non-hydrogen) atoms. The zero-order chi connectivity index (χ0) is 12.9. The Morgan fingerprint density at radius 2 is 2.00 bits per heavy atom. The smallest absolute Gasteiger partial charge is 0.183 e. The molecule has 0 saturated carbocycles. The van der Waals surface area contributed by atoms with Crippen molar-refractivity contribution in [3.05, 3.63) is 27.4 Å². The third kappa shape index (κ3) is 1.87. The van der Waals surface area contributed by atoms with Crippen molar-refractivity contribution >= 4 is 23.7 Å². The van der Waals surface area contributed by atoms with E-state index in [1.165, 1.54) is 12.1 Å². The van der Waals surface area contributed by atoms with Crippen LogP contribution in [0.3, 0.4) is 0 Å². The first-order valence-electron chi connectivity index (χ1n) is 5.35. The van der Waals surface area contributed by atoms with Crippen molar-refractivity contribution in [1.82, 2.24) is 4.57 Å². The summed E-state index contributed by atoms with van der Waals surface area (Å²) in [6.07, 6.45) is 0.675. The van der Waals surface area contributed by atoms with Gasteiger partial charge in [-0.15, -0.1) is 12.4 Å². The monoisotopic (exact) mass is 295 g/mol. The van der Waals surface area contributed by atoms with Crippen LogP contribution in [0.15, 0.2) is 12.1 Å². The van der Waals surface area contributed by atoms with Gasteiger partial charge in [-0.2, -0.15) is 5.26 Å². The first-order chi connectivity index (χ1) is 8.61. The van der Waals surface area contributed by atoms with Crippen LogP contribution in [0.25, 0.3) is 11.3 Å². The van der Waals surface area contributed by atoms with E-state index < -0.39 is 0 Å². The summed E-state index contributed by atoms with van der Waals surface area (Å²) in [5.74, 6) is -0.356. The van der Waals surface area contributed by atoms with Crippen LogP contribution in [0.1, 0.15) is 10.4 Å². The topological polar surface area (TPSA) is 93.0 Å². The summed E-state index contributed by atoms with van der Waals surface area (Å²) in [4.78, 5) is 0.797. The van der Waals surface area contributed by atoms with Gasteiger partial charge in [0.05, 0.1) is 5.69 Å². The van der Waals surface area contributed by atoms with E-state index in [0.29, 0.717) is 28.3 Å². The number of fused-ring (bicyclic) bond motifs is 3. The number of nitrogens with one attached hydrogen (secondary N) is 1. The van der Waals surface area contributed by atoms with Crippen LogP contribution in [-0.4, -0.2) is 14.8 Å². The molecule has 0 atom stereocenters. The van der Waals surface area contributed by atoms with Gasteiger partial charge >= 0.3 is 0 Å². The second-order valence-corrected chi connectivity index (χ2v) is 5.10. The van der Waals surface area contributed by atoms with E-state index in [1.54, 1.807) is 4.57 Å². The quantitative estimate of drug-likeness (QED) is 0.649. The van der Waals surface area contributed by atoms with Crippen molar-refractivity contribution in [2.45, 2.75) is 13.0 Å². The Labute approximate surface area is 118 Å². The fraction of sp³-hybridized carbons (Fsp3) is 0.167. The molecule has 5 nitrogen and oxygen atoms in total. The van der Waals surface area contributed by atoms with Crippen LogP contribution >= 0.6 is 23.7 Å². The molecule has 7 heteroatoms. The molecule has 1 aromatic carbocycles. The maximum atomic E-state index is 9.59. The molecule has 0 saturated heterocycles.